The van der Waals surface area contributed by atoms with Crippen molar-refractivity contribution in [1.29, 1.82) is 0 Å². The van der Waals surface area contributed by atoms with Gasteiger partial charge in [-0.25, -0.2) is 15.0 Å². The highest BCUT2D eigenvalue weighted by molar-refractivity contribution is 6.30. The Balaban J connectivity index is 1.63. The molecule has 3 N–H and O–H groups in total. The molecular weight excluding hydrogens is 528 g/mol. The number of nitrogens with one attached hydrogen (secondary N) is 3. The van der Waals surface area contributed by atoms with Crippen LogP contribution in [0, 0.1) is 0 Å². The number of nitrogens with zero attached hydrogens (tertiary/aromatic N) is 1. The first kappa shape index (κ1) is 29.3. The molecule has 39 heavy (non-hydrogen) atoms. The molecule has 3 amide bonds. The highest BCUT2D eigenvalue weighted by Gasteiger charge is 2.32. The highest BCUT2D eigenvalue weighted by Crippen LogP contribution is 2.34. The van der Waals surface area contributed by atoms with Gasteiger partial charge in [-0.1, -0.05) is 17.7 Å². The van der Waals surface area contributed by atoms with Crippen molar-refractivity contribution in [3.8, 4) is 17.2 Å². The fourth-order valence-corrected chi connectivity index (χ4v) is 4.04. The number of carbonyl (C=O) groups is 3. The number of allylic oxidation sites excluding steroid dienone is 1. The summed E-state index contributed by atoms with van der Waals surface area (Å²) in [6.45, 7) is 5.59. The SMILES string of the molecule is CCOC(=O)C1=C(C)NC(=O)N[C@@H]1c1ccc(OCC(=O)N/N=C\Cc2cc(Cl)ccc2OCC)c(OC)c1. The number of carbonyl (C=O) groups excluding carboxylic acids is 3. The normalized spacial score (nSPS) is 14.9. The summed E-state index contributed by atoms with van der Waals surface area (Å²) in [7, 11) is 1.44. The Morgan fingerprint density at radius 2 is 1.85 bits per heavy atom. The van der Waals surface area contributed by atoms with E-state index in [1.165, 1.54) is 13.3 Å². The second kappa shape index (κ2) is 14.1. The van der Waals surface area contributed by atoms with Crippen LogP contribution in [0.4, 0.5) is 4.79 Å². The first-order valence-electron chi connectivity index (χ1n) is 12.2. The number of amides is 3. The maximum absolute atomic E-state index is 12.6. The van der Waals surface area contributed by atoms with Gasteiger partial charge in [-0.3, -0.25) is 4.79 Å². The van der Waals surface area contributed by atoms with E-state index in [0.717, 1.165) is 5.56 Å². The highest BCUT2D eigenvalue weighted by atomic mass is 35.5. The fraction of sp³-hybridized carbons (Fsp3) is 0.333. The molecule has 0 saturated heterocycles. The number of halogens is 1. The molecule has 2 aromatic carbocycles. The van der Waals surface area contributed by atoms with Gasteiger partial charge in [0.2, 0.25) is 0 Å². The molecule has 1 atom stereocenters. The van der Waals surface area contributed by atoms with E-state index in [2.05, 4.69) is 21.2 Å². The molecule has 0 spiro atoms. The fourth-order valence-electron chi connectivity index (χ4n) is 3.85. The van der Waals surface area contributed by atoms with Gasteiger partial charge in [0, 0.05) is 28.9 Å². The van der Waals surface area contributed by atoms with Crippen LogP contribution in [0.1, 0.15) is 37.9 Å². The minimum Gasteiger partial charge on any atom is -0.494 e. The van der Waals surface area contributed by atoms with Crippen LogP contribution in [0.2, 0.25) is 5.02 Å². The summed E-state index contributed by atoms with van der Waals surface area (Å²) < 4.78 is 21.8. The third kappa shape index (κ3) is 7.87. The third-order valence-corrected chi connectivity index (χ3v) is 5.79. The summed E-state index contributed by atoms with van der Waals surface area (Å²) in [5.41, 5.74) is 4.48. The van der Waals surface area contributed by atoms with E-state index in [9.17, 15) is 14.4 Å². The summed E-state index contributed by atoms with van der Waals surface area (Å²) in [6, 6.07) is 8.97. The van der Waals surface area contributed by atoms with Gasteiger partial charge in [0.25, 0.3) is 5.91 Å². The first-order chi connectivity index (χ1) is 18.8. The minimum atomic E-state index is -0.763. The molecule has 0 aromatic heterocycles. The van der Waals surface area contributed by atoms with E-state index in [1.807, 2.05) is 6.92 Å². The smallest absolute Gasteiger partial charge is 0.338 e. The maximum Gasteiger partial charge on any atom is 0.338 e. The average Bonchev–Trinajstić information content (AvgIpc) is 2.91. The summed E-state index contributed by atoms with van der Waals surface area (Å²) in [6.07, 6.45) is 1.94. The molecule has 0 bridgehead atoms. The quantitative estimate of drug-likeness (QED) is 0.205. The number of hydrogen-bond acceptors (Lipinski definition) is 8. The molecule has 0 saturated carbocycles. The van der Waals surface area contributed by atoms with Crippen LogP contribution in [0.15, 0.2) is 52.8 Å². The van der Waals surface area contributed by atoms with Crippen molar-refractivity contribution in [1.82, 2.24) is 16.1 Å². The molecule has 1 aliphatic heterocycles. The number of hydrogen-bond donors (Lipinski definition) is 3. The zero-order valence-corrected chi connectivity index (χ0v) is 22.9. The lowest BCUT2D eigenvalue weighted by Crippen LogP contribution is -2.45. The number of rotatable bonds is 12. The number of benzene rings is 2. The van der Waals surface area contributed by atoms with Crippen molar-refractivity contribution in [2.45, 2.75) is 33.2 Å². The molecular formula is C27H31ClN4O7. The van der Waals surface area contributed by atoms with Crippen molar-refractivity contribution in [3.63, 3.8) is 0 Å². The van der Waals surface area contributed by atoms with E-state index >= 15 is 0 Å². The van der Waals surface area contributed by atoms with Crippen LogP contribution in [0.3, 0.4) is 0 Å². The van der Waals surface area contributed by atoms with Crippen molar-refractivity contribution < 1.29 is 33.3 Å². The molecule has 3 rings (SSSR count). The maximum atomic E-state index is 12.6. The largest absolute Gasteiger partial charge is 0.494 e. The molecule has 2 aromatic rings. The lowest BCUT2D eigenvalue weighted by molar-refractivity contribution is -0.139. The molecule has 1 aliphatic rings. The molecule has 1 heterocycles. The van der Waals surface area contributed by atoms with Crippen LogP contribution >= 0.6 is 11.6 Å². The molecule has 11 nitrogen and oxygen atoms in total. The second-order valence-electron chi connectivity index (χ2n) is 8.23. The number of urea groups is 1. The van der Waals surface area contributed by atoms with Crippen LogP contribution < -0.4 is 30.3 Å². The van der Waals surface area contributed by atoms with Crippen molar-refractivity contribution in [2.24, 2.45) is 5.10 Å². The van der Waals surface area contributed by atoms with Gasteiger partial charge >= 0.3 is 12.0 Å². The number of methoxy groups -OCH3 is 1. The Hall–Kier alpha value is -4.25. The molecule has 0 aliphatic carbocycles. The van der Waals surface area contributed by atoms with Gasteiger partial charge in [-0.2, -0.15) is 5.10 Å². The van der Waals surface area contributed by atoms with E-state index in [4.69, 9.17) is 30.5 Å². The molecule has 12 heteroatoms. The molecule has 208 valence electrons. The van der Waals surface area contributed by atoms with E-state index in [0.29, 0.717) is 46.6 Å². The van der Waals surface area contributed by atoms with Gasteiger partial charge in [-0.15, -0.1) is 0 Å². The second-order valence-corrected chi connectivity index (χ2v) is 8.66. The predicted octanol–water partition coefficient (Wildman–Crippen LogP) is 3.66. The topological polar surface area (TPSA) is 137 Å². The Morgan fingerprint density at radius 1 is 1.08 bits per heavy atom. The van der Waals surface area contributed by atoms with Gasteiger partial charge in [0.15, 0.2) is 18.1 Å². The number of esters is 1. The zero-order valence-electron chi connectivity index (χ0n) is 22.1. The van der Waals surface area contributed by atoms with Crippen LogP contribution in [0.5, 0.6) is 17.2 Å². The number of hydrazone groups is 1. The van der Waals surface area contributed by atoms with Crippen LogP contribution in [-0.4, -0.2) is 51.1 Å². The van der Waals surface area contributed by atoms with Gasteiger partial charge < -0.3 is 29.6 Å². The average molecular weight is 559 g/mol. The Bertz CT molecular complexity index is 1280. The predicted molar refractivity (Wildman–Crippen MR) is 145 cm³/mol. The molecule has 0 radical (unpaired) electrons. The van der Waals surface area contributed by atoms with Crippen molar-refractivity contribution >= 4 is 35.7 Å². The summed E-state index contributed by atoms with van der Waals surface area (Å²) >= 11 is 6.06. The number of ether oxygens (including phenoxy) is 4. The minimum absolute atomic E-state index is 0.188. The van der Waals surface area contributed by atoms with E-state index in [1.54, 1.807) is 50.2 Å². The molecule has 0 fully saturated rings. The Kier molecular flexibility index (Phi) is 10.6. The van der Waals surface area contributed by atoms with Crippen molar-refractivity contribution in [2.75, 3.05) is 26.9 Å². The standard InChI is InChI=1S/C27H31ClN4O7/c1-5-37-20-10-8-19(28)13-17(20)11-12-29-32-23(33)15-39-21-9-7-18(14-22(21)36-4)25-24(26(34)38-6-2)16(3)30-27(35)31-25/h7-10,12-14,25H,5-6,11,15H2,1-4H3,(H,32,33)(H2,30,31,35)/b29-12-/t25-/m1/s1. The lowest BCUT2D eigenvalue weighted by Gasteiger charge is -2.28. The monoisotopic (exact) mass is 558 g/mol. The Labute approximate surface area is 231 Å². The zero-order chi connectivity index (χ0) is 28.4. The van der Waals surface area contributed by atoms with Gasteiger partial charge in [0.05, 0.1) is 31.9 Å². The third-order valence-electron chi connectivity index (χ3n) is 5.56. The lowest BCUT2D eigenvalue weighted by atomic mass is 9.95. The summed E-state index contributed by atoms with van der Waals surface area (Å²) in [5.74, 6) is 0.263. The van der Waals surface area contributed by atoms with Crippen LogP contribution in [-0.2, 0) is 20.7 Å². The Morgan fingerprint density at radius 3 is 2.56 bits per heavy atom. The van der Waals surface area contributed by atoms with E-state index < -0.39 is 23.9 Å². The van der Waals surface area contributed by atoms with Crippen molar-refractivity contribution in [3.05, 3.63) is 63.8 Å². The van der Waals surface area contributed by atoms with Crippen LogP contribution in [0.25, 0.3) is 0 Å². The first-order valence-corrected chi connectivity index (χ1v) is 12.6. The van der Waals surface area contributed by atoms with Gasteiger partial charge in [-0.05, 0) is 56.7 Å². The summed E-state index contributed by atoms with van der Waals surface area (Å²) in [5, 5.41) is 9.84. The molecule has 0 unspecified atom stereocenters. The summed E-state index contributed by atoms with van der Waals surface area (Å²) in [4.78, 5) is 36.9. The van der Waals surface area contributed by atoms with Gasteiger partial charge in [0.1, 0.15) is 5.75 Å². The van der Waals surface area contributed by atoms with E-state index in [-0.39, 0.29) is 18.8 Å².